The molecule has 2 aromatic rings. The van der Waals surface area contributed by atoms with Crippen LogP contribution in [-0.2, 0) is 6.42 Å². The number of nitrogens with one attached hydrogen (secondary N) is 2. The number of piperidine rings is 1. The molecule has 122 valence electrons. The standard InChI is InChI=1S/C18H23FN4/c1-2-14-11-17(21-12-13-7-9-20-10-8-13)23-18(22-14)15-5-3-4-6-16(15)19/h3-6,11,13,20H,2,7-10,12H2,1H3,(H,21,22,23). The maximum Gasteiger partial charge on any atom is 0.164 e. The molecule has 1 aromatic carbocycles. The summed E-state index contributed by atoms with van der Waals surface area (Å²) in [7, 11) is 0. The Morgan fingerprint density at radius 1 is 1.22 bits per heavy atom. The van der Waals surface area contributed by atoms with Crippen molar-refractivity contribution in [2.75, 3.05) is 25.0 Å². The van der Waals surface area contributed by atoms with Crippen molar-refractivity contribution >= 4 is 5.82 Å². The second kappa shape index (κ2) is 7.51. The van der Waals surface area contributed by atoms with Gasteiger partial charge in [0.25, 0.3) is 0 Å². The van der Waals surface area contributed by atoms with Gasteiger partial charge in [-0.2, -0.15) is 0 Å². The number of aryl methyl sites for hydroxylation is 1. The van der Waals surface area contributed by atoms with Crippen LogP contribution in [0, 0.1) is 11.7 Å². The van der Waals surface area contributed by atoms with Gasteiger partial charge in [0, 0.05) is 18.3 Å². The second-order valence-corrected chi connectivity index (χ2v) is 5.98. The summed E-state index contributed by atoms with van der Waals surface area (Å²) < 4.78 is 14.0. The fourth-order valence-corrected chi connectivity index (χ4v) is 2.87. The van der Waals surface area contributed by atoms with Gasteiger partial charge in [0.1, 0.15) is 11.6 Å². The quantitative estimate of drug-likeness (QED) is 0.889. The average Bonchev–Trinajstić information content (AvgIpc) is 2.61. The lowest BCUT2D eigenvalue weighted by Crippen LogP contribution is -2.31. The molecule has 3 rings (SSSR count). The fourth-order valence-electron chi connectivity index (χ4n) is 2.87. The molecule has 5 heteroatoms. The molecule has 1 saturated heterocycles. The maximum atomic E-state index is 14.0. The monoisotopic (exact) mass is 314 g/mol. The molecule has 1 aromatic heterocycles. The highest BCUT2D eigenvalue weighted by Crippen LogP contribution is 2.22. The van der Waals surface area contributed by atoms with E-state index in [1.807, 2.05) is 19.1 Å². The van der Waals surface area contributed by atoms with Crippen molar-refractivity contribution in [1.29, 1.82) is 0 Å². The first-order valence-corrected chi connectivity index (χ1v) is 8.33. The van der Waals surface area contributed by atoms with Crippen LogP contribution < -0.4 is 10.6 Å². The van der Waals surface area contributed by atoms with E-state index in [1.54, 1.807) is 12.1 Å². The lowest BCUT2D eigenvalue weighted by molar-refractivity contribution is 0.389. The third kappa shape index (κ3) is 4.05. The van der Waals surface area contributed by atoms with Crippen molar-refractivity contribution in [3.05, 3.63) is 41.8 Å². The van der Waals surface area contributed by atoms with Gasteiger partial charge in [-0.05, 0) is 50.4 Å². The van der Waals surface area contributed by atoms with Crippen molar-refractivity contribution in [3.63, 3.8) is 0 Å². The van der Waals surface area contributed by atoms with Crippen LogP contribution in [0.1, 0.15) is 25.5 Å². The number of anilines is 1. The Balaban J connectivity index is 1.80. The lowest BCUT2D eigenvalue weighted by atomic mass is 9.98. The summed E-state index contributed by atoms with van der Waals surface area (Å²) in [6.07, 6.45) is 3.16. The predicted octanol–water partition coefficient (Wildman–Crippen LogP) is 3.26. The van der Waals surface area contributed by atoms with E-state index in [2.05, 4.69) is 20.6 Å². The third-order valence-corrected chi connectivity index (χ3v) is 4.29. The van der Waals surface area contributed by atoms with Gasteiger partial charge >= 0.3 is 0 Å². The Labute approximate surface area is 136 Å². The number of halogens is 1. The molecule has 0 aliphatic carbocycles. The smallest absolute Gasteiger partial charge is 0.164 e. The molecule has 2 N–H and O–H groups in total. The van der Waals surface area contributed by atoms with Crippen LogP contribution in [0.2, 0.25) is 0 Å². The van der Waals surface area contributed by atoms with E-state index in [4.69, 9.17) is 0 Å². The molecule has 0 atom stereocenters. The van der Waals surface area contributed by atoms with Crippen LogP contribution in [0.15, 0.2) is 30.3 Å². The molecule has 0 spiro atoms. The summed E-state index contributed by atoms with van der Waals surface area (Å²) in [5, 5.41) is 6.79. The predicted molar refractivity (Wildman–Crippen MR) is 90.9 cm³/mol. The molecular formula is C18H23FN4. The van der Waals surface area contributed by atoms with Gasteiger partial charge in [-0.25, -0.2) is 14.4 Å². The van der Waals surface area contributed by atoms with Crippen LogP contribution in [0.4, 0.5) is 10.2 Å². The molecule has 0 amide bonds. The zero-order chi connectivity index (χ0) is 16.1. The molecule has 0 radical (unpaired) electrons. The maximum absolute atomic E-state index is 14.0. The number of benzene rings is 1. The van der Waals surface area contributed by atoms with Crippen molar-refractivity contribution in [3.8, 4) is 11.4 Å². The lowest BCUT2D eigenvalue weighted by Gasteiger charge is -2.23. The minimum absolute atomic E-state index is 0.287. The molecule has 0 saturated carbocycles. The summed E-state index contributed by atoms with van der Waals surface area (Å²) in [5.74, 6) is 1.61. The van der Waals surface area contributed by atoms with E-state index in [-0.39, 0.29) is 5.82 Å². The first kappa shape index (κ1) is 15.9. The highest BCUT2D eigenvalue weighted by atomic mass is 19.1. The van der Waals surface area contributed by atoms with Crippen LogP contribution >= 0.6 is 0 Å². The van der Waals surface area contributed by atoms with Crippen LogP contribution in [0.3, 0.4) is 0 Å². The van der Waals surface area contributed by atoms with Crippen molar-refractivity contribution in [1.82, 2.24) is 15.3 Å². The van der Waals surface area contributed by atoms with E-state index in [0.717, 1.165) is 37.6 Å². The Morgan fingerprint density at radius 2 is 2.00 bits per heavy atom. The normalized spacial score (nSPS) is 15.6. The van der Waals surface area contributed by atoms with Gasteiger partial charge in [-0.1, -0.05) is 19.1 Å². The fraction of sp³-hybridized carbons (Fsp3) is 0.444. The summed E-state index contributed by atoms with van der Waals surface area (Å²) in [6, 6.07) is 8.62. The first-order chi connectivity index (χ1) is 11.3. The van der Waals surface area contributed by atoms with Crippen LogP contribution in [-0.4, -0.2) is 29.6 Å². The average molecular weight is 314 g/mol. The molecule has 0 bridgehead atoms. The van der Waals surface area contributed by atoms with E-state index in [1.165, 1.54) is 18.9 Å². The van der Waals surface area contributed by atoms with Gasteiger partial charge in [0.05, 0.1) is 5.56 Å². The SMILES string of the molecule is CCc1cc(NCC2CCNCC2)nc(-c2ccccc2F)n1. The van der Waals surface area contributed by atoms with E-state index in [9.17, 15) is 4.39 Å². The largest absolute Gasteiger partial charge is 0.370 e. The Morgan fingerprint density at radius 3 is 2.74 bits per heavy atom. The highest BCUT2D eigenvalue weighted by molar-refractivity contribution is 5.58. The minimum Gasteiger partial charge on any atom is -0.370 e. The molecule has 1 aliphatic heterocycles. The zero-order valence-electron chi connectivity index (χ0n) is 13.5. The Hall–Kier alpha value is -2.01. The molecule has 23 heavy (non-hydrogen) atoms. The molecule has 2 heterocycles. The van der Waals surface area contributed by atoms with Gasteiger partial charge in [-0.3, -0.25) is 0 Å². The van der Waals surface area contributed by atoms with Gasteiger partial charge in [-0.15, -0.1) is 0 Å². The third-order valence-electron chi connectivity index (χ3n) is 4.29. The highest BCUT2D eigenvalue weighted by Gasteiger charge is 2.14. The number of rotatable bonds is 5. The van der Waals surface area contributed by atoms with E-state index < -0.39 is 0 Å². The minimum atomic E-state index is -0.287. The summed E-state index contributed by atoms with van der Waals surface area (Å²) in [5.41, 5.74) is 1.37. The van der Waals surface area contributed by atoms with Crippen molar-refractivity contribution in [2.45, 2.75) is 26.2 Å². The molecular weight excluding hydrogens is 291 g/mol. The summed E-state index contributed by atoms with van der Waals surface area (Å²) in [4.78, 5) is 9.00. The van der Waals surface area contributed by atoms with Crippen LogP contribution in [0.5, 0.6) is 0 Å². The summed E-state index contributed by atoms with van der Waals surface area (Å²) in [6.45, 7) is 5.11. The molecule has 1 fully saturated rings. The number of hydrogen-bond acceptors (Lipinski definition) is 4. The Kier molecular flexibility index (Phi) is 5.18. The zero-order valence-corrected chi connectivity index (χ0v) is 13.5. The second-order valence-electron chi connectivity index (χ2n) is 5.98. The van der Waals surface area contributed by atoms with Gasteiger partial charge < -0.3 is 10.6 Å². The topological polar surface area (TPSA) is 49.8 Å². The number of nitrogens with zero attached hydrogens (tertiary/aromatic N) is 2. The Bertz CT molecular complexity index is 653. The van der Waals surface area contributed by atoms with Crippen LogP contribution in [0.25, 0.3) is 11.4 Å². The number of hydrogen-bond donors (Lipinski definition) is 2. The molecule has 0 unspecified atom stereocenters. The van der Waals surface area contributed by atoms with Gasteiger partial charge in [0.2, 0.25) is 0 Å². The van der Waals surface area contributed by atoms with E-state index >= 15 is 0 Å². The van der Waals surface area contributed by atoms with Crippen molar-refractivity contribution < 1.29 is 4.39 Å². The first-order valence-electron chi connectivity index (χ1n) is 8.33. The van der Waals surface area contributed by atoms with Gasteiger partial charge in [0.15, 0.2) is 5.82 Å². The molecule has 1 aliphatic rings. The van der Waals surface area contributed by atoms with E-state index in [0.29, 0.717) is 17.3 Å². The van der Waals surface area contributed by atoms with Crippen molar-refractivity contribution in [2.24, 2.45) is 5.92 Å². The molecule has 4 nitrogen and oxygen atoms in total. The number of aromatic nitrogens is 2. The summed E-state index contributed by atoms with van der Waals surface area (Å²) >= 11 is 0.